The van der Waals surface area contributed by atoms with Gasteiger partial charge in [-0.2, -0.15) is 0 Å². The number of halogens is 1. The van der Waals surface area contributed by atoms with Crippen molar-refractivity contribution in [3.8, 4) is 0 Å². The summed E-state index contributed by atoms with van der Waals surface area (Å²) < 4.78 is 0. The van der Waals surface area contributed by atoms with Crippen LogP contribution in [0, 0.1) is 10.8 Å². The highest BCUT2D eigenvalue weighted by Crippen LogP contribution is 2.56. The van der Waals surface area contributed by atoms with Crippen molar-refractivity contribution in [2.75, 3.05) is 6.54 Å². The molecule has 3 aliphatic rings. The van der Waals surface area contributed by atoms with Crippen LogP contribution in [0.5, 0.6) is 0 Å². The van der Waals surface area contributed by atoms with Gasteiger partial charge in [0.25, 0.3) is 0 Å². The van der Waals surface area contributed by atoms with E-state index in [0.717, 1.165) is 45.1 Å². The third kappa shape index (κ3) is 1.52. The summed E-state index contributed by atoms with van der Waals surface area (Å²) >= 11 is 0. The molecule has 2 bridgehead atoms. The first-order valence-electron chi connectivity index (χ1n) is 5.06. The summed E-state index contributed by atoms with van der Waals surface area (Å²) in [6.45, 7) is 0.739. The summed E-state index contributed by atoms with van der Waals surface area (Å²) in [5.74, 6) is -0.585. The van der Waals surface area contributed by atoms with Gasteiger partial charge in [0, 0.05) is 0 Å². The van der Waals surface area contributed by atoms with Crippen LogP contribution in [0.3, 0.4) is 0 Å². The second kappa shape index (κ2) is 3.70. The maximum absolute atomic E-state index is 11.1. The van der Waals surface area contributed by atoms with Crippen molar-refractivity contribution in [3.63, 3.8) is 0 Å². The number of hydrogen-bond donors (Lipinski definition) is 2. The van der Waals surface area contributed by atoms with E-state index in [9.17, 15) is 4.79 Å². The van der Waals surface area contributed by atoms with E-state index in [1.807, 2.05) is 0 Å². The fourth-order valence-corrected chi connectivity index (χ4v) is 2.89. The van der Waals surface area contributed by atoms with Gasteiger partial charge in [-0.05, 0) is 50.5 Å². The van der Waals surface area contributed by atoms with Crippen LogP contribution in [0.2, 0.25) is 0 Å². The molecule has 3 rings (SSSR count). The maximum atomic E-state index is 11.1. The molecule has 0 heterocycles. The smallest absolute Gasteiger partial charge is 0.309 e. The standard InChI is InChI=1S/C10H17NO2.ClH/c11-7-9-1-4-10(5-2-9,6-3-9)8(12)13;/h1-7,11H2,(H,12,13);1H. The lowest BCUT2D eigenvalue weighted by molar-refractivity contribution is -0.158. The average Bonchev–Trinajstić information content (AvgIpc) is 2.20. The molecular weight excluding hydrogens is 202 g/mol. The summed E-state index contributed by atoms with van der Waals surface area (Å²) in [6.07, 6.45) is 5.61. The fraction of sp³-hybridized carbons (Fsp3) is 0.900. The summed E-state index contributed by atoms with van der Waals surface area (Å²) in [5.41, 5.74) is 5.67. The maximum Gasteiger partial charge on any atom is 0.309 e. The molecule has 3 nitrogen and oxygen atoms in total. The van der Waals surface area contributed by atoms with Gasteiger partial charge in [0.05, 0.1) is 5.41 Å². The predicted molar refractivity (Wildman–Crippen MR) is 56.5 cm³/mol. The number of hydrogen-bond acceptors (Lipinski definition) is 2. The van der Waals surface area contributed by atoms with Gasteiger partial charge in [0.15, 0.2) is 0 Å². The minimum absolute atomic E-state index is 0. The van der Waals surface area contributed by atoms with Crippen molar-refractivity contribution in [1.29, 1.82) is 0 Å². The van der Waals surface area contributed by atoms with E-state index in [2.05, 4.69) is 0 Å². The van der Waals surface area contributed by atoms with Crippen LogP contribution in [0.1, 0.15) is 38.5 Å². The number of rotatable bonds is 2. The minimum Gasteiger partial charge on any atom is -0.481 e. The topological polar surface area (TPSA) is 63.3 Å². The van der Waals surface area contributed by atoms with Gasteiger partial charge in [-0.15, -0.1) is 12.4 Å². The Morgan fingerprint density at radius 1 is 1.14 bits per heavy atom. The molecule has 0 saturated heterocycles. The quantitative estimate of drug-likeness (QED) is 0.745. The van der Waals surface area contributed by atoms with Crippen LogP contribution in [0.15, 0.2) is 0 Å². The fourth-order valence-electron chi connectivity index (χ4n) is 2.89. The zero-order chi connectivity index (χ0) is 9.53. The van der Waals surface area contributed by atoms with E-state index < -0.39 is 5.97 Å². The lowest BCUT2D eigenvalue weighted by atomic mass is 9.54. The minimum atomic E-state index is -0.585. The zero-order valence-corrected chi connectivity index (χ0v) is 9.11. The lowest BCUT2D eigenvalue weighted by Gasteiger charge is -2.50. The van der Waals surface area contributed by atoms with Crippen LogP contribution < -0.4 is 5.73 Å². The van der Waals surface area contributed by atoms with Crippen LogP contribution in [-0.4, -0.2) is 17.6 Å². The molecule has 82 valence electrons. The number of carboxylic acids is 1. The van der Waals surface area contributed by atoms with Crippen LogP contribution in [0.4, 0.5) is 0 Å². The zero-order valence-electron chi connectivity index (χ0n) is 8.29. The third-order valence-electron chi connectivity index (χ3n) is 4.29. The van der Waals surface area contributed by atoms with Crippen LogP contribution in [-0.2, 0) is 4.79 Å². The van der Waals surface area contributed by atoms with Gasteiger partial charge in [-0.3, -0.25) is 4.79 Å². The number of aliphatic carboxylic acids is 1. The summed E-state index contributed by atoms with van der Waals surface area (Å²) in [7, 11) is 0. The summed E-state index contributed by atoms with van der Waals surface area (Å²) in [4.78, 5) is 11.1. The van der Waals surface area contributed by atoms with E-state index in [1.54, 1.807) is 0 Å². The first-order valence-corrected chi connectivity index (χ1v) is 5.06. The lowest BCUT2D eigenvalue weighted by Crippen LogP contribution is -2.48. The van der Waals surface area contributed by atoms with E-state index in [4.69, 9.17) is 10.8 Å². The average molecular weight is 220 g/mol. The SMILES string of the molecule is Cl.NCC12CCC(C(=O)O)(CC1)CC2. The van der Waals surface area contributed by atoms with Crippen molar-refractivity contribution >= 4 is 18.4 Å². The first kappa shape index (κ1) is 11.8. The molecular formula is C10H18ClNO2. The molecule has 4 heteroatoms. The van der Waals surface area contributed by atoms with E-state index >= 15 is 0 Å². The number of carboxylic acid groups (broad SMARTS) is 1. The number of nitrogens with two attached hydrogens (primary N) is 1. The monoisotopic (exact) mass is 219 g/mol. The van der Waals surface area contributed by atoms with E-state index in [0.29, 0.717) is 5.41 Å². The van der Waals surface area contributed by atoms with Gasteiger partial charge in [-0.1, -0.05) is 0 Å². The predicted octanol–water partition coefficient (Wildman–Crippen LogP) is 1.79. The number of carbonyl (C=O) groups is 1. The molecule has 0 aromatic heterocycles. The van der Waals surface area contributed by atoms with Gasteiger partial charge >= 0.3 is 5.97 Å². The van der Waals surface area contributed by atoms with E-state index in [-0.39, 0.29) is 17.8 Å². The molecule has 0 aromatic carbocycles. The molecule has 0 atom stereocenters. The van der Waals surface area contributed by atoms with Gasteiger partial charge in [0.2, 0.25) is 0 Å². The summed E-state index contributed by atoms with van der Waals surface area (Å²) in [6, 6.07) is 0. The molecule has 3 aliphatic carbocycles. The van der Waals surface area contributed by atoms with Crippen molar-refractivity contribution in [2.45, 2.75) is 38.5 Å². The van der Waals surface area contributed by atoms with Crippen molar-refractivity contribution < 1.29 is 9.90 Å². The molecule has 3 fully saturated rings. The van der Waals surface area contributed by atoms with Gasteiger partial charge < -0.3 is 10.8 Å². The highest BCUT2D eigenvalue weighted by Gasteiger charge is 2.51. The Labute approximate surface area is 90.5 Å². The molecule has 0 amide bonds. The van der Waals surface area contributed by atoms with E-state index in [1.165, 1.54) is 0 Å². The first-order chi connectivity index (χ1) is 6.13. The molecule has 0 aliphatic heterocycles. The highest BCUT2D eigenvalue weighted by molar-refractivity contribution is 5.85. The molecule has 0 unspecified atom stereocenters. The Morgan fingerprint density at radius 3 is 1.86 bits per heavy atom. The Kier molecular flexibility index (Phi) is 3.12. The molecule has 0 radical (unpaired) electrons. The summed E-state index contributed by atoms with van der Waals surface area (Å²) in [5, 5.41) is 9.14. The Hall–Kier alpha value is -0.280. The molecule has 0 aromatic rings. The number of fused-ring (bicyclic) bond motifs is 3. The molecule has 14 heavy (non-hydrogen) atoms. The Balaban J connectivity index is 0.000000980. The van der Waals surface area contributed by atoms with Crippen LogP contribution in [0.25, 0.3) is 0 Å². The van der Waals surface area contributed by atoms with Crippen molar-refractivity contribution in [1.82, 2.24) is 0 Å². The van der Waals surface area contributed by atoms with Crippen molar-refractivity contribution in [2.24, 2.45) is 16.6 Å². The van der Waals surface area contributed by atoms with Crippen molar-refractivity contribution in [3.05, 3.63) is 0 Å². The largest absolute Gasteiger partial charge is 0.481 e. The highest BCUT2D eigenvalue weighted by atomic mass is 35.5. The third-order valence-corrected chi connectivity index (χ3v) is 4.29. The van der Waals surface area contributed by atoms with Crippen LogP contribution >= 0.6 is 12.4 Å². The second-order valence-electron chi connectivity index (χ2n) is 4.79. The molecule has 3 N–H and O–H groups in total. The molecule has 3 saturated carbocycles. The normalized spacial score (nSPS) is 40.4. The Morgan fingerprint density at radius 2 is 1.57 bits per heavy atom. The van der Waals surface area contributed by atoms with Gasteiger partial charge in [-0.25, -0.2) is 0 Å². The second-order valence-corrected chi connectivity index (χ2v) is 4.79. The van der Waals surface area contributed by atoms with Gasteiger partial charge in [0.1, 0.15) is 0 Å². The molecule has 0 spiro atoms. The Bertz CT molecular complexity index is 218.